The molecule has 1 aliphatic heterocycles. The van der Waals surface area contributed by atoms with Gasteiger partial charge in [-0.25, -0.2) is 13.6 Å². The average molecular weight is 370 g/mol. The molecule has 0 radical (unpaired) electrons. The molecule has 1 N–H and O–H groups in total. The SMILES string of the molecule is O=C(Nc1ccc(F)cc1F)N1CCCC1c1nc(-c2ccccc2)no1. The van der Waals surface area contributed by atoms with E-state index in [-0.39, 0.29) is 5.69 Å². The maximum atomic E-state index is 13.8. The zero-order chi connectivity index (χ0) is 18.8. The number of rotatable bonds is 3. The summed E-state index contributed by atoms with van der Waals surface area (Å²) >= 11 is 0. The highest BCUT2D eigenvalue weighted by Gasteiger charge is 2.34. The predicted octanol–water partition coefficient (Wildman–Crippen LogP) is 4.38. The first-order valence-electron chi connectivity index (χ1n) is 8.53. The van der Waals surface area contributed by atoms with Crippen LogP contribution in [-0.2, 0) is 0 Å². The van der Waals surface area contributed by atoms with Gasteiger partial charge < -0.3 is 14.7 Å². The molecule has 0 saturated carbocycles. The number of nitrogens with one attached hydrogen (secondary N) is 1. The molecule has 2 heterocycles. The number of hydrogen-bond donors (Lipinski definition) is 1. The summed E-state index contributed by atoms with van der Waals surface area (Å²) in [6.45, 7) is 0.475. The maximum absolute atomic E-state index is 13.8. The molecule has 3 aromatic rings. The Kier molecular flexibility index (Phi) is 4.53. The number of benzene rings is 2. The molecule has 1 fully saturated rings. The number of amides is 2. The van der Waals surface area contributed by atoms with Crippen LogP contribution in [0.3, 0.4) is 0 Å². The van der Waals surface area contributed by atoms with Crippen molar-refractivity contribution in [3.8, 4) is 11.4 Å². The fourth-order valence-corrected chi connectivity index (χ4v) is 3.12. The molecule has 8 heteroatoms. The third-order valence-electron chi connectivity index (χ3n) is 4.45. The number of carbonyl (C=O) groups is 1. The molecule has 1 unspecified atom stereocenters. The lowest BCUT2D eigenvalue weighted by Gasteiger charge is -2.22. The number of urea groups is 1. The minimum atomic E-state index is -0.830. The van der Waals surface area contributed by atoms with E-state index in [1.807, 2.05) is 30.3 Å². The van der Waals surface area contributed by atoms with E-state index in [0.29, 0.717) is 24.7 Å². The standard InChI is InChI=1S/C19H16F2N4O2/c20-13-8-9-15(14(21)11-13)22-19(26)25-10-4-7-16(25)18-23-17(24-27-18)12-5-2-1-3-6-12/h1-3,5-6,8-9,11,16H,4,7,10H2,(H,22,26). The lowest BCUT2D eigenvalue weighted by atomic mass is 10.2. The lowest BCUT2D eigenvalue weighted by Crippen LogP contribution is -2.34. The second-order valence-corrected chi connectivity index (χ2v) is 6.23. The highest BCUT2D eigenvalue weighted by atomic mass is 19.1. The Morgan fingerprint density at radius 1 is 1.19 bits per heavy atom. The minimum Gasteiger partial charge on any atom is -0.337 e. The molecule has 27 heavy (non-hydrogen) atoms. The van der Waals surface area contributed by atoms with Crippen molar-refractivity contribution in [3.63, 3.8) is 0 Å². The van der Waals surface area contributed by atoms with Gasteiger partial charge in [0, 0.05) is 18.2 Å². The summed E-state index contributed by atoms with van der Waals surface area (Å²) in [5.41, 5.74) is 0.734. The van der Waals surface area contributed by atoms with E-state index in [1.54, 1.807) is 0 Å². The summed E-state index contributed by atoms with van der Waals surface area (Å²) < 4.78 is 32.2. The van der Waals surface area contributed by atoms with Crippen LogP contribution in [0.1, 0.15) is 24.8 Å². The van der Waals surface area contributed by atoms with E-state index in [4.69, 9.17) is 4.52 Å². The third kappa shape index (κ3) is 3.51. The Balaban J connectivity index is 1.52. The van der Waals surface area contributed by atoms with Gasteiger partial charge >= 0.3 is 6.03 Å². The lowest BCUT2D eigenvalue weighted by molar-refractivity contribution is 0.193. The molecule has 2 aromatic carbocycles. The van der Waals surface area contributed by atoms with Gasteiger partial charge in [0.2, 0.25) is 11.7 Å². The number of nitrogens with zero attached hydrogens (tertiary/aromatic N) is 3. The van der Waals surface area contributed by atoms with Crippen LogP contribution < -0.4 is 5.32 Å². The molecule has 1 atom stereocenters. The zero-order valence-corrected chi connectivity index (χ0v) is 14.2. The van der Waals surface area contributed by atoms with Crippen LogP contribution in [0.2, 0.25) is 0 Å². The molecule has 138 valence electrons. The van der Waals surface area contributed by atoms with Crippen molar-refractivity contribution in [2.45, 2.75) is 18.9 Å². The molecule has 6 nitrogen and oxygen atoms in total. The van der Waals surface area contributed by atoms with Crippen LogP contribution in [0, 0.1) is 11.6 Å². The average Bonchev–Trinajstić information content (AvgIpc) is 3.33. The van der Waals surface area contributed by atoms with Gasteiger partial charge in [-0.3, -0.25) is 0 Å². The van der Waals surface area contributed by atoms with Gasteiger partial charge in [-0.1, -0.05) is 35.5 Å². The monoisotopic (exact) mass is 370 g/mol. The first-order valence-corrected chi connectivity index (χ1v) is 8.53. The molecule has 2 amide bonds. The normalized spacial score (nSPS) is 16.5. The molecule has 0 bridgehead atoms. The molecule has 1 aromatic heterocycles. The van der Waals surface area contributed by atoms with Gasteiger partial charge in [-0.15, -0.1) is 0 Å². The van der Waals surface area contributed by atoms with Crippen LogP contribution in [0.4, 0.5) is 19.3 Å². The zero-order valence-electron chi connectivity index (χ0n) is 14.2. The van der Waals surface area contributed by atoms with E-state index < -0.39 is 23.7 Å². The maximum Gasteiger partial charge on any atom is 0.322 e. The van der Waals surface area contributed by atoms with Gasteiger partial charge in [-0.05, 0) is 25.0 Å². The largest absolute Gasteiger partial charge is 0.337 e. The van der Waals surface area contributed by atoms with Crippen molar-refractivity contribution in [3.05, 3.63) is 66.1 Å². The third-order valence-corrected chi connectivity index (χ3v) is 4.45. The fourth-order valence-electron chi connectivity index (χ4n) is 3.12. The van der Waals surface area contributed by atoms with Gasteiger partial charge in [0.1, 0.15) is 17.7 Å². The van der Waals surface area contributed by atoms with Crippen molar-refractivity contribution < 1.29 is 18.1 Å². The summed E-state index contributed by atoms with van der Waals surface area (Å²) in [6, 6.07) is 11.5. The van der Waals surface area contributed by atoms with Crippen LogP contribution in [0.15, 0.2) is 53.1 Å². The predicted molar refractivity (Wildman–Crippen MR) is 93.8 cm³/mol. The highest BCUT2D eigenvalue weighted by Crippen LogP contribution is 2.32. The van der Waals surface area contributed by atoms with E-state index in [0.717, 1.165) is 24.1 Å². The Morgan fingerprint density at radius 2 is 2.00 bits per heavy atom. The molecule has 4 rings (SSSR count). The van der Waals surface area contributed by atoms with Gasteiger partial charge in [0.25, 0.3) is 0 Å². The fraction of sp³-hybridized carbons (Fsp3) is 0.211. The first-order chi connectivity index (χ1) is 13.1. The van der Waals surface area contributed by atoms with E-state index >= 15 is 0 Å². The summed E-state index contributed by atoms with van der Waals surface area (Å²) in [4.78, 5) is 18.5. The second kappa shape index (κ2) is 7.14. The molecule has 1 aliphatic rings. The Morgan fingerprint density at radius 3 is 2.78 bits per heavy atom. The summed E-state index contributed by atoms with van der Waals surface area (Å²) in [5.74, 6) is -0.754. The van der Waals surface area contributed by atoms with Crippen molar-refractivity contribution in [1.82, 2.24) is 15.0 Å². The quantitative estimate of drug-likeness (QED) is 0.743. The molecule has 0 spiro atoms. The topological polar surface area (TPSA) is 71.3 Å². The van der Waals surface area contributed by atoms with Crippen molar-refractivity contribution in [2.24, 2.45) is 0 Å². The molecule has 0 aliphatic carbocycles. The Hall–Kier alpha value is -3.29. The Bertz CT molecular complexity index is 961. The summed E-state index contributed by atoms with van der Waals surface area (Å²) in [7, 11) is 0. The highest BCUT2D eigenvalue weighted by molar-refractivity contribution is 5.89. The number of anilines is 1. The van der Waals surface area contributed by atoms with E-state index in [2.05, 4.69) is 15.5 Å². The van der Waals surface area contributed by atoms with E-state index in [1.165, 1.54) is 11.0 Å². The van der Waals surface area contributed by atoms with Crippen molar-refractivity contribution >= 4 is 11.7 Å². The summed E-state index contributed by atoms with van der Waals surface area (Å²) in [5, 5.41) is 6.46. The second-order valence-electron chi connectivity index (χ2n) is 6.23. The minimum absolute atomic E-state index is 0.0810. The molecule has 1 saturated heterocycles. The van der Waals surface area contributed by atoms with Crippen LogP contribution in [-0.4, -0.2) is 27.6 Å². The van der Waals surface area contributed by atoms with Gasteiger partial charge in [0.05, 0.1) is 5.69 Å². The molecular weight excluding hydrogens is 354 g/mol. The van der Waals surface area contributed by atoms with Gasteiger partial charge in [-0.2, -0.15) is 4.98 Å². The van der Waals surface area contributed by atoms with E-state index in [9.17, 15) is 13.6 Å². The van der Waals surface area contributed by atoms with Gasteiger partial charge in [0.15, 0.2) is 0 Å². The summed E-state index contributed by atoms with van der Waals surface area (Å²) in [6.07, 6.45) is 1.42. The van der Waals surface area contributed by atoms with Crippen LogP contribution >= 0.6 is 0 Å². The smallest absolute Gasteiger partial charge is 0.322 e. The number of likely N-dealkylation sites (tertiary alicyclic amines) is 1. The Labute approximate surface area is 153 Å². The van der Waals surface area contributed by atoms with Crippen molar-refractivity contribution in [2.75, 3.05) is 11.9 Å². The van der Waals surface area contributed by atoms with Crippen molar-refractivity contribution in [1.29, 1.82) is 0 Å². The number of halogens is 2. The number of carbonyl (C=O) groups excluding carboxylic acids is 1. The first kappa shape index (κ1) is 17.1. The molecular formula is C19H16F2N4O2. The number of aromatic nitrogens is 2. The van der Waals surface area contributed by atoms with Crippen LogP contribution in [0.25, 0.3) is 11.4 Å². The number of hydrogen-bond acceptors (Lipinski definition) is 4. The van der Waals surface area contributed by atoms with Crippen LogP contribution in [0.5, 0.6) is 0 Å².